The van der Waals surface area contributed by atoms with E-state index in [9.17, 15) is 9.50 Å². The Balaban J connectivity index is 1.64. The molecule has 2 aromatic carbocycles. The van der Waals surface area contributed by atoms with Gasteiger partial charge < -0.3 is 15.2 Å². The van der Waals surface area contributed by atoms with E-state index < -0.39 is 0 Å². The summed E-state index contributed by atoms with van der Waals surface area (Å²) in [5.74, 6) is 0.629. The topological polar surface area (TPSA) is 44.7 Å². The predicted molar refractivity (Wildman–Crippen MR) is 96.1 cm³/mol. The second kappa shape index (κ2) is 8.43. The maximum absolute atomic E-state index is 13.3. The molecule has 0 aromatic heterocycles. The summed E-state index contributed by atoms with van der Waals surface area (Å²) in [5.41, 5.74) is 3.28. The van der Waals surface area contributed by atoms with Crippen LogP contribution < -0.4 is 10.1 Å². The molecule has 25 heavy (non-hydrogen) atoms. The Labute approximate surface area is 148 Å². The first-order valence-electron chi connectivity index (χ1n) is 8.68. The number of β-amino-alcohol motifs (C(OH)–C–C–N with tert-alkyl or cyclic N) is 1. The van der Waals surface area contributed by atoms with Gasteiger partial charge in [-0.3, -0.25) is 4.90 Å². The SMILES string of the molecule is CNCC(O)CN1CCc2c(cccc2OCc2cccc(F)c2)C1. The summed E-state index contributed by atoms with van der Waals surface area (Å²) < 4.78 is 19.2. The van der Waals surface area contributed by atoms with Crippen molar-refractivity contribution in [3.63, 3.8) is 0 Å². The molecule has 1 aliphatic rings. The summed E-state index contributed by atoms with van der Waals surface area (Å²) in [6.07, 6.45) is 0.528. The van der Waals surface area contributed by atoms with E-state index in [4.69, 9.17) is 4.74 Å². The van der Waals surface area contributed by atoms with Crippen molar-refractivity contribution in [3.05, 3.63) is 65.0 Å². The molecule has 1 atom stereocenters. The highest BCUT2D eigenvalue weighted by Gasteiger charge is 2.21. The van der Waals surface area contributed by atoms with E-state index in [1.807, 2.05) is 25.2 Å². The lowest BCUT2D eigenvalue weighted by Gasteiger charge is -2.31. The highest BCUT2D eigenvalue weighted by Crippen LogP contribution is 2.28. The monoisotopic (exact) mass is 344 g/mol. The largest absolute Gasteiger partial charge is 0.489 e. The Bertz CT molecular complexity index is 708. The summed E-state index contributed by atoms with van der Waals surface area (Å²) in [5, 5.41) is 13.0. The van der Waals surface area contributed by atoms with Crippen LogP contribution in [0.4, 0.5) is 4.39 Å². The molecule has 1 aliphatic heterocycles. The number of aliphatic hydroxyl groups excluding tert-OH is 1. The minimum Gasteiger partial charge on any atom is -0.489 e. The number of ether oxygens (including phenoxy) is 1. The van der Waals surface area contributed by atoms with Gasteiger partial charge in [-0.05, 0) is 48.4 Å². The number of nitrogens with zero attached hydrogens (tertiary/aromatic N) is 1. The molecule has 0 aliphatic carbocycles. The third kappa shape index (κ3) is 4.78. The second-order valence-electron chi connectivity index (χ2n) is 6.51. The fourth-order valence-corrected chi connectivity index (χ4v) is 3.31. The van der Waals surface area contributed by atoms with Crippen LogP contribution >= 0.6 is 0 Å². The first-order chi connectivity index (χ1) is 12.2. The summed E-state index contributed by atoms with van der Waals surface area (Å²) in [6.45, 7) is 3.33. The van der Waals surface area contributed by atoms with Crippen LogP contribution in [-0.2, 0) is 19.6 Å². The van der Waals surface area contributed by atoms with Crippen LogP contribution in [0.5, 0.6) is 5.75 Å². The van der Waals surface area contributed by atoms with Gasteiger partial charge in [-0.1, -0.05) is 24.3 Å². The van der Waals surface area contributed by atoms with E-state index in [0.29, 0.717) is 19.7 Å². The van der Waals surface area contributed by atoms with Gasteiger partial charge in [-0.15, -0.1) is 0 Å². The molecule has 4 nitrogen and oxygen atoms in total. The van der Waals surface area contributed by atoms with Gasteiger partial charge in [-0.2, -0.15) is 0 Å². The average Bonchev–Trinajstić information content (AvgIpc) is 2.60. The Morgan fingerprint density at radius 2 is 2.12 bits per heavy atom. The molecule has 0 bridgehead atoms. The summed E-state index contributed by atoms with van der Waals surface area (Å²) in [4.78, 5) is 2.26. The Morgan fingerprint density at radius 3 is 2.92 bits per heavy atom. The molecule has 134 valence electrons. The molecule has 1 unspecified atom stereocenters. The van der Waals surface area contributed by atoms with E-state index in [1.165, 1.54) is 23.3 Å². The molecule has 2 N–H and O–H groups in total. The summed E-state index contributed by atoms with van der Waals surface area (Å²) >= 11 is 0. The quantitative estimate of drug-likeness (QED) is 0.809. The van der Waals surface area contributed by atoms with Crippen LogP contribution in [0.25, 0.3) is 0 Å². The molecule has 0 radical (unpaired) electrons. The number of rotatable bonds is 7. The fourth-order valence-electron chi connectivity index (χ4n) is 3.31. The lowest BCUT2D eigenvalue weighted by Crippen LogP contribution is -2.40. The number of likely N-dealkylation sites (N-methyl/N-ethyl adjacent to an activating group) is 1. The van der Waals surface area contributed by atoms with Gasteiger partial charge >= 0.3 is 0 Å². The zero-order valence-electron chi connectivity index (χ0n) is 14.5. The van der Waals surface area contributed by atoms with Crippen molar-refractivity contribution in [1.82, 2.24) is 10.2 Å². The van der Waals surface area contributed by atoms with E-state index in [-0.39, 0.29) is 11.9 Å². The molecule has 0 saturated heterocycles. The zero-order valence-corrected chi connectivity index (χ0v) is 14.5. The first-order valence-corrected chi connectivity index (χ1v) is 8.68. The second-order valence-corrected chi connectivity index (χ2v) is 6.51. The minimum atomic E-state index is -0.362. The van der Waals surface area contributed by atoms with Crippen LogP contribution in [0.2, 0.25) is 0 Å². The number of nitrogens with one attached hydrogen (secondary N) is 1. The van der Waals surface area contributed by atoms with Gasteiger partial charge in [0.15, 0.2) is 0 Å². The summed E-state index contributed by atoms with van der Waals surface area (Å²) in [7, 11) is 1.84. The Kier molecular flexibility index (Phi) is 6.02. The predicted octanol–water partition coefficient (Wildman–Crippen LogP) is 2.34. The van der Waals surface area contributed by atoms with Crippen molar-refractivity contribution < 1.29 is 14.2 Å². The third-order valence-electron chi connectivity index (χ3n) is 4.49. The number of halogens is 1. The van der Waals surface area contributed by atoms with Crippen LogP contribution in [0.1, 0.15) is 16.7 Å². The molecule has 0 spiro atoms. The van der Waals surface area contributed by atoms with E-state index in [0.717, 1.165) is 30.8 Å². The molecule has 3 rings (SSSR count). The highest BCUT2D eigenvalue weighted by molar-refractivity contribution is 5.42. The maximum atomic E-state index is 13.3. The van der Waals surface area contributed by atoms with Crippen LogP contribution in [0, 0.1) is 5.82 Å². The van der Waals surface area contributed by atoms with Crippen molar-refractivity contribution >= 4 is 0 Å². The van der Waals surface area contributed by atoms with Gasteiger partial charge in [-0.25, -0.2) is 4.39 Å². The number of hydrogen-bond donors (Lipinski definition) is 2. The maximum Gasteiger partial charge on any atom is 0.123 e. The van der Waals surface area contributed by atoms with Crippen LogP contribution in [0.3, 0.4) is 0 Å². The van der Waals surface area contributed by atoms with Crippen LogP contribution in [0.15, 0.2) is 42.5 Å². The van der Waals surface area contributed by atoms with E-state index in [1.54, 1.807) is 6.07 Å². The van der Waals surface area contributed by atoms with Crippen LogP contribution in [-0.4, -0.2) is 42.8 Å². The lowest BCUT2D eigenvalue weighted by atomic mass is 9.98. The molecule has 2 aromatic rings. The standard InChI is InChI=1S/C20H25FN2O2/c1-22-11-18(24)13-23-9-8-19-16(12-23)5-3-7-20(19)25-14-15-4-2-6-17(21)10-15/h2-7,10,18,22,24H,8-9,11-14H2,1H3. The summed E-state index contributed by atoms with van der Waals surface area (Å²) in [6, 6.07) is 12.6. The van der Waals surface area contributed by atoms with E-state index >= 15 is 0 Å². The van der Waals surface area contributed by atoms with Gasteiger partial charge in [0, 0.05) is 26.2 Å². The number of hydrogen-bond acceptors (Lipinski definition) is 4. The number of aliphatic hydroxyl groups is 1. The van der Waals surface area contributed by atoms with Gasteiger partial charge in [0.25, 0.3) is 0 Å². The van der Waals surface area contributed by atoms with Crippen molar-refractivity contribution in [1.29, 1.82) is 0 Å². The van der Waals surface area contributed by atoms with Gasteiger partial charge in [0.1, 0.15) is 18.2 Å². The number of fused-ring (bicyclic) bond motifs is 1. The lowest BCUT2D eigenvalue weighted by molar-refractivity contribution is 0.105. The van der Waals surface area contributed by atoms with Gasteiger partial charge in [0.05, 0.1) is 6.10 Å². The molecule has 5 heteroatoms. The van der Waals surface area contributed by atoms with Crippen molar-refractivity contribution in [2.24, 2.45) is 0 Å². The van der Waals surface area contributed by atoms with Gasteiger partial charge in [0.2, 0.25) is 0 Å². The zero-order chi connectivity index (χ0) is 17.6. The molecule has 1 heterocycles. The Morgan fingerprint density at radius 1 is 1.28 bits per heavy atom. The number of benzene rings is 2. The normalized spacial score (nSPS) is 15.6. The molecular weight excluding hydrogens is 319 g/mol. The van der Waals surface area contributed by atoms with Crippen molar-refractivity contribution in [2.45, 2.75) is 25.7 Å². The van der Waals surface area contributed by atoms with E-state index in [2.05, 4.69) is 16.3 Å². The molecular formula is C20H25FN2O2. The highest BCUT2D eigenvalue weighted by atomic mass is 19.1. The van der Waals surface area contributed by atoms with Crippen molar-refractivity contribution in [3.8, 4) is 5.75 Å². The molecule has 0 amide bonds. The smallest absolute Gasteiger partial charge is 0.123 e. The molecule has 0 saturated carbocycles. The fraction of sp³-hybridized carbons (Fsp3) is 0.400. The Hall–Kier alpha value is -1.95. The third-order valence-corrected chi connectivity index (χ3v) is 4.49. The average molecular weight is 344 g/mol. The molecule has 0 fully saturated rings. The van der Waals surface area contributed by atoms with Crippen molar-refractivity contribution in [2.75, 3.05) is 26.7 Å². The minimum absolute atomic E-state index is 0.244. The first kappa shape index (κ1) is 17.9.